The number of amidine groups is 1. The van der Waals surface area contributed by atoms with Crippen molar-refractivity contribution in [3.05, 3.63) is 29.3 Å². The van der Waals surface area contributed by atoms with Crippen LogP contribution in [0.2, 0.25) is 0 Å². The van der Waals surface area contributed by atoms with Gasteiger partial charge >= 0.3 is 0 Å². The summed E-state index contributed by atoms with van der Waals surface area (Å²) >= 11 is 0. The number of hydrogen-bond acceptors (Lipinski definition) is 2. The molecule has 0 aliphatic heterocycles. The van der Waals surface area contributed by atoms with Gasteiger partial charge in [0.15, 0.2) is 5.84 Å². The molecule has 2 aliphatic carbocycles. The minimum atomic E-state index is -0.776. The number of nitrogens with zero attached hydrogens (tertiary/aromatic N) is 1. The number of rotatable bonds is 5. The highest BCUT2D eigenvalue weighted by molar-refractivity contribution is 6.08. The summed E-state index contributed by atoms with van der Waals surface area (Å²) in [7, 11) is 0. The van der Waals surface area contributed by atoms with Gasteiger partial charge in [-0.1, -0.05) is 12.1 Å². The molecule has 2 fully saturated rings. The van der Waals surface area contributed by atoms with Crippen LogP contribution >= 0.6 is 0 Å². The third-order valence-corrected chi connectivity index (χ3v) is 4.05. The first-order valence-electron chi connectivity index (χ1n) is 7.22. The van der Waals surface area contributed by atoms with Crippen molar-refractivity contribution in [2.24, 2.45) is 16.8 Å². The van der Waals surface area contributed by atoms with Gasteiger partial charge in [0.1, 0.15) is 6.17 Å². The lowest BCUT2D eigenvalue weighted by molar-refractivity contribution is -0.105. The van der Waals surface area contributed by atoms with Gasteiger partial charge in [-0.3, -0.25) is 10.2 Å². The number of benzene rings is 1. The minimum absolute atomic E-state index is 0.0733. The van der Waals surface area contributed by atoms with Crippen LogP contribution in [-0.4, -0.2) is 24.1 Å². The predicted octanol–water partition coefficient (Wildman–Crippen LogP) is 3.10. The Hall–Kier alpha value is -2.04. The number of alkyl halides is 1. The van der Waals surface area contributed by atoms with E-state index in [1.807, 2.05) is 19.1 Å². The standard InChI is InChI=1S/C16H18FN3O/c1-9-2-3-11(6-14(9)19-8-21)16(18)20-15(10-4-5-10)12-7-13(12)17/h2-3,6,8,10,12-13,18H,4-5,7H2,1H3,(H,19,21)/t12?,13-/m0/s1. The highest BCUT2D eigenvalue weighted by atomic mass is 19.1. The molecule has 2 saturated carbocycles. The molecule has 0 radical (unpaired) electrons. The maximum absolute atomic E-state index is 13.3. The Bertz CT molecular complexity index is 622. The summed E-state index contributed by atoms with van der Waals surface area (Å²) in [5.41, 5.74) is 3.10. The zero-order valence-corrected chi connectivity index (χ0v) is 11.9. The Balaban J connectivity index is 1.84. The fourth-order valence-corrected chi connectivity index (χ4v) is 2.51. The van der Waals surface area contributed by atoms with Crippen molar-refractivity contribution in [2.45, 2.75) is 32.4 Å². The Labute approximate surface area is 123 Å². The molecule has 1 unspecified atom stereocenters. The molecule has 1 aromatic rings. The molecule has 2 atom stereocenters. The quantitative estimate of drug-likeness (QED) is 0.488. The van der Waals surface area contributed by atoms with E-state index in [0.29, 0.717) is 30.0 Å². The van der Waals surface area contributed by atoms with Crippen molar-refractivity contribution < 1.29 is 9.18 Å². The summed E-state index contributed by atoms with van der Waals surface area (Å²) in [6.07, 6.45) is 2.51. The molecule has 110 valence electrons. The highest BCUT2D eigenvalue weighted by Crippen LogP contribution is 2.44. The third kappa shape index (κ3) is 3.01. The van der Waals surface area contributed by atoms with E-state index in [0.717, 1.165) is 24.1 Å². The zero-order chi connectivity index (χ0) is 15.0. The highest BCUT2D eigenvalue weighted by Gasteiger charge is 2.46. The van der Waals surface area contributed by atoms with Crippen LogP contribution in [0.3, 0.4) is 0 Å². The fraction of sp³-hybridized carbons (Fsp3) is 0.438. The second-order valence-electron chi connectivity index (χ2n) is 5.81. The van der Waals surface area contributed by atoms with E-state index < -0.39 is 6.17 Å². The Morgan fingerprint density at radius 2 is 2.19 bits per heavy atom. The van der Waals surface area contributed by atoms with Crippen LogP contribution in [0.25, 0.3) is 0 Å². The maximum atomic E-state index is 13.3. The van der Waals surface area contributed by atoms with Gasteiger partial charge in [0.05, 0.1) is 0 Å². The summed E-state index contributed by atoms with van der Waals surface area (Å²) in [6.45, 7) is 1.88. The van der Waals surface area contributed by atoms with E-state index in [1.165, 1.54) is 0 Å². The summed E-state index contributed by atoms with van der Waals surface area (Å²) in [6, 6.07) is 5.39. The number of anilines is 1. The zero-order valence-electron chi connectivity index (χ0n) is 11.9. The summed E-state index contributed by atoms with van der Waals surface area (Å²) in [5.74, 6) is 0.440. The fourth-order valence-electron chi connectivity index (χ4n) is 2.51. The first-order chi connectivity index (χ1) is 10.1. The molecule has 5 heteroatoms. The van der Waals surface area contributed by atoms with Crippen molar-refractivity contribution in [1.29, 1.82) is 5.41 Å². The summed E-state index contributed by atoms with van der Waals surface area (Å²) < 4.78 is 13.3. The summed E-state index contributed by atoms with van der Waals surface area (Å²) in [4.78, 5) is 15.0. The Kier molecular flexibility index (Phi) is 3.57. The molecule has 0 aromatic heterocycles. The smallest absolute Gasteiger partial charge is 0.211 e. The van der Waals surface area contributed by atoms with Crippen LogP contribution in [0.4, 0.5) is 10.1 Å². The second kappa shape index (κ2) is 5.39. The van der Waals surface area contributed by atoms with Gasteiger partial charge in [-0.15, -0.1) is 0 Å². The van der Waals surface area contributed by atoms with E-state index in [2.05, 4.69) is 10.3 Å². The van der Waals surface area contributed by atoms with Crippen LogP contribution in [0.15, 0.2) is 23.2 Å². The third-order valence-electron chi connectivity index (χ3n) is 4.05. The predicted molar refractivity (Wildman–Crippen MR) is 80.9 cm³/mol. The number of hydrogen-bond donors (Lipinski definition) is 2. The monoisotopic (exact) mass is 287 g/mol. The number of aryl methyl sites for hydroxylation is 1. The lowest BCUT2D eigenvalue weighted by Crippen LogP contribution is -2.10. The molecule has 0 spiro atoms. The topological polar surface area (TPSA) is 65.3 Å². The van der Waals surface area contributed by atoms with Gasteiger partial charge in [0, 0.05) is 22.9 Å². The molecule has 21 heavy (non-hydrogen) atoms. The van der Waals surface area contributed by atoms with Crippen LogP contribution < -0.4 is 5.32 Å². The molecular formula is C16H18FN3O. The van der Waals surface area contributed by atoms with Gasteiger partial charge in [0.25, 0.3) is 0 Å². The molecule has 2 N–H and O–H groups in total. The van der Waals surface area contributed by atoms with Crippen LogP contribution in [0, 0.1) is 24.2 Å². The molecule has 0 saturated heterocycles. The Morgan fingerprint density at radius 3 is 2.76 bits per heavy atom. The molecule has 1 aromatic carbocycles. The molecule has 1 amide bonds. The van der Waals surface area contributed by atoms with Gasteiger partial charge < -0.3 is 5.32 Å². The largest absolute Gasteiger partial charge is 0.328 e. The number of carbonyl (C=O) groups excluding carboxylic acids is 1. The van der Waals surface area contributed by atoms with Gasteiger partial charge in [-0.25, -0.2) is 9.38 Å². The van der Waals surface area contributed by atoms with Crippen LogP contribution in [0.1, 0.15) is 30.4 Å². The molecule has 4 nitrogen and oxygen atoms in total. The molecule has 0 heterocycles. The molecule has 2 aliphatic rings. The lowest BCUT2D eigenvalue weighted by atomic mass is 10.1. The number of nitrogens with one attached hydrogen (secondary N) is 2. The van der Waals surface area contributed by atoms with Crippen molar-refractivity contribution in [3.63, 3.8) is 0 Å². The molecule has 3 rings (SSSR count). The second-order valence-corrected chi connectivity index (χ2v) is 5.81. The minimum Gasteiger partial charge on any atom is -0.328 e. The van der Waals surface area contributed by atoms with E-state index >= 15 is 0 Å². The number of aliphatic imine (C=N–C) groups is 1. The van der Waals surface area contributed by atoms with E-state index in [1.54, 1.807) is 6.07 Å². The molecule has 0 bridgehead atoms. The maximum Gasteiger partial charge on any atom is 0.211 e. The van der Waals surface area contributed by atoms with Crippen molar-refractivity contribution in [1.82, 2.24) is 0 Å². The lowest BCUT2D eigenvalue weighted by Gasteiger charge is -2.08. The SMILES string of the molecule is Cc1ccc(C(=N)N=C(C2CC2)C2C[C@@H]2F)cc1NC=O. The van der Waals surface area contributed by atoms with Crippen LogP contribution in [0.5, 0.6) is 0 Å². The van der Waals surface area contributed by atoms with Crippen molar-refractivity contribution in [2.75, 3.05) is 5.32 Å². The van der Waals surface area contributed by atoms with E-state index in [-0.39, 0.29) is 11.8 Å². The summed E-state index contributed by atoms with van der Waals surface area (Å²) in [5, 5.41) is 10.8. The normalized spacial score (nSPS) is 24.6. The van der Waals surface area contributed by atoms with Gasteiger partial charge in [0.2, 0.25) is 6.41 Å². The average Bonchev–Trinajstić information content (AvgIpc) is 3.35. The van der Waals surface area contributed by atoms with Crippen LogP contribution in [-0.2, 0) is 4.79 Å². The first kappa shape index (κ1) is 13.9. The number of carbonyl (C=O) groups is 1. The first-order valence-corrected chi connectivity index (χ1v) is 7.22. The Morgan fingerprint density at radius 1 is 1.48 bits per heavy atom. The van der Waals surface area contributed by atoms with E-state index in [9.17, 15) is 9.18 Å². The van der Waals surface area contributed by atoms with Gasteiger partial charge in [-0.2, -0.15) is 0 Å². The van der Waals surface area contributed by atoms with Crippen molar-refractivity contribution in [3.8, 4) is 0 Å². The molecular weight excluding hydrogens is 269 g/mol. The number of amides is 1. The van der Waals surface area contributed by atoms with Gasteiger partial charge in [-0.05, 0) is 43.7 Å². The average molecular weight is 287 g/mol. The number of halogens is 1. The van der Waals surface area contributed by atoms with Crippen molar-refractivity contribution >= 4 is 23.6 Å². The van der Waals surface area contributed by atoms with E-state index in [4.69, 9.17) is 5.41 Å².